The van der Waals surface area contributed by atoms with Gasteiger partial charge in [0.2, 0.25) is 5.91 Å². The van der Waals surface area contributed by atoms with E-state index in [9.17, 15) is 4.79 Å². The van der Waals surface area contributed by atoms with Crippen LogP contribution in [0.2, 0.25) is 0 Å². The molecule has 4 heteroatoms. The number of amides is 1. The van der Waals surface area contributed by atoms with E-state index >= 15 is 0 Å². The predicted octanol–water partition coefficient (Wildman–Crippen LogP) is 2.54. The van der Waals surface area contributed by atoms with E-state index in [0.717, 1.165) is 25.2 Å². The average molecular weight is 295 g/mol. The van der Waals surface area contributed by atoms with Gasteiger partial charge in [-0.25, -0.2) is 0 Å². The van der Waals surface area contributed by atoms with Crippen molar-refractivity contribution in [3.63, 3.8) is 0 Å². The Morgan fingerprint density at radius 2 is 1.95 bits per heavy atom. The van der Waals surface area contributed by atoms with Crippen molar-refractivity contribution in [2.45, 2.75) is 25.9 Å². The third kappa shape index (κ3) is 3.12. The molecule has 1 aliphatic heterocycles. The summed E-state index contributed by atoms with van der Waals surface area (Å²) in [5, 5.41) is 2.80. The van der Waals surface area contributed by atoms with Crippen LogP contribution in [0.5, 0.6) is 0 Å². The van der Waals surface area contributed by atoms with Gasteiger partial charge < -0.3 is 16.0 Å². The first-order valence-electron chi connectivity index (χ1n) is 7.62. The molecule has 3 N–H and O–H groups in total. The SMILES string of the molecule is CC(N)C(=O)Nc1ccc(CN2CCc3ccccc32)cc1. The van der Waals surface area contributed by atoms with E-state index in [1.807, 2.05) is 12.1 Å². The standard InChI is InChI=1S/C18H21N3O/c1-13(19)18(22)20-16-8-6-14(7-9-16)12-21-11-10-15-4-2-3-5-17(15)21/h2-9,13H,10-12,19H2,1H3,(H,20,22). The van der Waals surface area contributed by atoms with Gasteiger partial charge in [-0.3, -0.25) is 4.79 Å². The molecule has 1 aliphatic rings. The highest BCUT2D eigenvalue weighted by molar-refractivity contribution is 5.94. The fourth-order valence-electron chi connectivity index (χ4n) is 2.74. The number of nitrogens with zero attached hydrogens (tertiary/aromatic N) is 1. The van der Waals surface area contributed by atoms with E-state index in [2.05, 4.69) is 46.6 Å². The van der Waals surface area contributed by atoms with Crippen molar-refractivity contribution in [3.05, 3.63) is 59.7 Å². The van der Waals surface area contributed by atoms with Crippen molar-refractivity contribution >= 4 is 17.3 Å². The lowest BCUT2D eigenvalue weighted by molar-refractivity contribution is -0.117. The lowest BCUT2D eigenvalue weighted by atomic mass is 10.1. The van der Waals surface area contributed by atoms with Crippen LogP contribution in [0, 0.1) is 0 Å². The molecule has 0 bridgehead atoms. The largest absolute Gasteiger partial charge is 0.367 e. The molecule has 0 radical (unpaired) electrons. The van der Waals surface area contributed by atoms with Gasteiger partial charge >= 0.3 is 0 Å². The predicted molar refractivity (Wildman–Crippen MR) is 89.9 cm³/mol. The quantitative estimate of drug-likeness (QED) is 0.911. The summed E-state index contributed by atoms with van der Waals surface area (Å²) in [7, 11) is 0. The molecule has 0 fully saturated rings. The van der Waals surface area contributed by atoms with Crippen LogP contribution in [0.1, 0.15) is 18.1 Å². The van der Waals surface area contributed by atoms with Crippen LogP contribution in [-0.2, 0) is 17.8 Å². The summed E-state index contributed by atoms with van der Waals surface area (Å²) < 4.78 is 0. The molecule has 2 aromatic carbocycles. The third-order valence-electron chi connectivity index (χ3n) is 3.99. The van der Waals surface area contributed by atoms with Gasteiger partial charge in [-0.05, 0) is 42.7 Å². The number of benzene rings is 2. The van der Waals surface area contributed by atoms with Gasteiger partial charge in [-0.1, -0.05) is 30.3 Å². The molecular weight excluding hydrogens is 274 g/mol. The molecule has 0 spiro atoms. The van der Waals surface area contributed by atoms with Crippen LogP contribution in [0.15, 0.2) is 48.5 Å². The zero-order valence-corrected chi connectivity index (χ0v) is 12.8. The zero-order valence-electron chi connectivity index (χ0n) is 12.8. The molecule has 22 heavy (non-hydrogen) atoms. The first-order valence-corrected chi connectivity index (χ1v) is 7.62. The van der Waals surface area contributed by atoms with Crippen molar-refractivity contribution in [1.29, 1.82) is 0 Å². The summed E-state index contributed by atoms with van der Waals surface area (Å²) in [6.07, 6.45) is 1.11. The van der Waals surface area contributed by atoms with Gasteiger partial charge in [-0.15, -0.1) is 0 Å². The van der Waals surface area contributed by atoms with Gasteiger partial charge in [0.25, 0.3) is 0 Å². The molecule has 1 unspecified atom stereocenters. The Morgan fingerprint density at radius 1 is 1.23 bits per heavy atom. The smallest absolute Gasteiger partial charge is 0.240 e. The number of nitrogens with one attached hydrogen (secondary N) is 1. The number of hydrogen-bond acceptors (Lipinski definition) is 3. The molecule has 0 saturated carbocycles. The topological polar surface area (TPSA) is 58.4 Å². The summed E-state index contributed by atoms with van der Waals surface area (Å²) in [4.78, 5) is 14.0. The highest BCUT2D eigenvalue weighted by Gasteiger charge is 2.18. The number of fused-ring (bicyclic) bond motifs is 1. The fourth-order valence-corrected chi connectivity index (χ4v) is 2.74. The summed E-state index contributed by atoms with van der Waals surface area (Å²) in [5.74, 6) is -0.166. The zero-order chi connectivity index (χ0) is 15.5. The van der Waals surface area contributed by atoms with E-state index in [1.165, 1.54) is 16.8 Å². The van der Waals surface area contributed by atoms with E-state index in [0.29, 0.717) is 0 Å². The first-order chi connectivity index (χ1) is 10.6. The number of hydrogen-bond donors (Lipinski definition) is 2. The number of carbonyl (C=O) groups is 1. The molecule has 3 rings (SSSR count). The van der Waals surface area contributed by atoms with Crippen molar-refractivity contribution in [3.8, 4) is 0 Å². The lowest BCUT2D eigenvalue weighted by Crippen LogP contribution is -2.32. The van der Waals surface area contributed by atoms with Gasteiger partial charge in [0.05, 0.1) is 6.04 Å². The molecule has 1 heterocycles. The third-order valence-corrected chi connectivity index (χ3v) is 3.99. The second-order valence-electron chi connectivity index (χ2n) is 5.78. The first kappa shape index (κ1) is 14.6. The number of para-hydroxylation sites is 1. The van der Waals surface area contributed by atoms with Crippen LogP contribution in [0.3, 0.4) is 0 Å². The average Bonchev–Trinajstić information content (AvgIpc) is 2.92. The summed E-state index contributed by atoms with van der Waals surface area (Å²) in [5.41, 5.74) is 10.3. The van der Waals surface area contributed by atoms with Crippen LogP contribution in [-0.4, -0.2) is 18.5 Å². The van der Waals surface area contributed by atoms with Gasteiger partial charge in [-0.2, -0.15) is 0 Å². The maximum Gasteiger partial charge on any atom is 0.240 e. The van der Waals surface area contributed by atoms with E-state index in [1.54, 1.807) is 6.92 Å². The minimum atomic E-state index is -0.499. The number of anilines is 2. The lowest BCUT2D eigenvalue weighted by Gasteiger charge is -2.19. The van der Waals surface area contributed by atoms with Gasteiger partial charge in [0.1, 0.15) is 0 Å². The van der Waals surface area contributed by atoms with Crippen molar-refractivity contribution in [2.75, 3.05) is 16.8 Å². The molecule has 0 saturated heterocycles. The molecule has 4 nitrogen and oxygen atoms in total. The monoisotopic (exact) mass is 295 g/mol. The molecule has 114 valence electrons. The molecule has 0 aromatic heterocycles. The Kier molecular flexibility index (Phi) is 4.11. The summed E-state index contributed by atoms with van der Waals surface area (Å²) in [6.45, 7) is 3.62. The fraction of sp³-hybridized carbons (Fsp3) is 0.278. The minimum Gasteiger partial charge on any atom is -0.367 e. The highest BCUT2D eigenvalue weighted by atomic mass is 16.2. The molecular formula is C18H21N3O. The van der Waals surface area contributed by atoms with Gasteiger partial charge in [0.15, 0.2) is 0 Å². The highest BCUT2D eigenvalue weighted by Crippen LogP contribution is 2.28. The van der Waals surface area contributed by atoms with E-state index in [4.69, 9.17) is 5.73 Å². The van der Waals surface area contributed by atoms with Crippen LogP contribution >= 0.6 is 0 Å². The second-order valence-corrected chi connectivity index (χ2v) is 5.78. The van der Waals surface area contributed by atoms with E-state index < -0.39 is 6.04 Å². The Labute approximate surface area is 130 Å². The second kappa shape index (κ2) is 6.20. The van der Waals surface area contributed by atoms with Crippen LogP contribution in [0.25, 0.3) is 0 Å². The van der Waals surface area contributed by atoms with Crippen LogP contribution in [0.4, 0.5) is 11.4 Å². The molecule has 1 atom stereocenters. The summed E-state index contributed by atoms with van der Waals surface area (Å²) in [6, 6.07) is 16.0. The Bertz CT molecular complexity index is 664. The summed E-state index contributed by atoms with van der Waals surface area (Å²) >= 11 is 0. The Morgan fingerprint density at radius 3 is 2.68 bits per heavy atom. The maximum absolute atomic E-state index is 11.6. The van der Waals surface area contributed by atoms with Crippen molar-refractivity contribution in [1.82, 2.24) is 0 Å². The number of nitrogens with two attached hydrogens (primary N) is 1. The molecule has 1 amide bonds. The van der Waals surface area contributed by atoms with E-state index in [-0.39, 0.29) is 5.91 Å². The molecule has 0 aliphatic carbocycles. The number of rotatable bonds is 4. The Hall–Kier alpha value is -2.33. The normalized spacial score (nSPS) is 14.5. The Balaban J connectivity index is 1.66. The van der Waals surface area contributed by atoms with Crippen molar-refractivity contribution < 1.29 is 4.79 Å². The van der Waals surface area contributed by atoms with Gasteiger partial charge in [0, 0.05) is 24.5 Å². The number of carbonyl (C=O) groups excluding carboxylic acids is 1. The minimum absolute atomic E-state index is 0.166. The van der Waals surface area contributed by atoms with Crippen LogP contribution < -0.4 is 16.0 Å². The molecule has 2 aromatic rings. The maximum atomic E-state index is 11.6. The van der Waals surface area contributed by atoms with Crippen molar-refractivity contribution in [2.24, 2.45) is 5.73 Å².